The van der Waals surface area contributed by atoms with Crippen LogP contribution >= 0.6 is 0 Å². The quantitative estimate of drug-likeness (QED) is 0.604. The lowest BCUT2D eigenvalue weighted by Crippen LogP contribution is -2.28. The van der Waals surface area contributed by atoms with Gasteiger partial charge in [0.2, 0.25) is 5.91 Å². The maximum atomic E-state index is 13.2. The smallest absolute Gasteiger partial charge is 0.351 e. The van der Waals surface area contributed by atoms with Crippen LogP contribution in [0.3, 0.4) is 0 Å². The van der Waals surface area contributed by atoms with Crippen LogP contribution in [0.5, 0.6) is 0 Å². The summed E-state index contributed by atoms with van der Waals surface area (Å²) in [5.74, 6) is -0.591. The van der Waals surface area contributed by atoms with E-state index >= 15 is 0 Å². The van der Waals surface area contributed by atoms with Crippen LogP contribution in [0.1, 0.15) is 35.6 Å². The van der Waals surface area contributed by atoms with E-state index in [0.29, 0.717) is 12.1 Å². The SMILES string of the molecule is O=C(Nc1ccc(C(F)(F)F)cc1)[C@H]1CCCn2cccc2[C@H]1c1ccccc1. The topological polar surface area (TPSA) is 34.0 Å². The normalized spacial score (nSPS) is 19.3. The lowest BCUT2D eigenvalue weighted by atomic mass is 9.81. The summed E-state index contributed by atoms with van der Waals surface area (Å²) in [6.07, 6.45) is -0.807. The zero-order valence-corrected chi connectivity index (χ0v) is 15.7. The van der Waals surface area contributed by atoms with Crippen LogP contribution in [-0.2, 0) is 17.5 Å². The van der Waals surface area contributed by atoms with Gasteiger partial charge in [-0.25, -0.2) is 0 Å². The number of rotatable bonds is 3. The lowest BCUT2D eigenvalue weighted by molar-refractivity contribution is -0.137. The summed E-state index contributed by atoms with van der Waals surface area (Å²) in [6.45, 7) is 0.843. The lowest BCUT2D eigenvalue weighted by Gasteiger charge is -2.25. The Balaban J connectivity index is 1.62. The van der Waals surface area contributed by atoms with E-state index in [1.807, 2.05) is 48.7 Å². The summed E-state index contributed by atoms with van der Waals surface area (Å²) in [5.41, 5.74) is 1.78. The van der Waals surface area contributed by atoms with Gasteiger partial charge in [0.1, 0.15) is 0 Å². The average molecular weight is 398 g/mol. The number of fused-ring (bicyclic) bond motifs is 1. The molecule has 1 aliphatic rings. The van der Waals surface area contributed by atoms with Crippen molar-refractivity contribution in [2.45, 2.75) is 31.5 Å². The van der Waals surface area contributed by atoms with Crippen LogP contribution in [0.25, 0.3) is 0 Å². The minimum atomic E-state index is -4.40. The molecule has 0 saturated carbocycles. The second-order valence-electron chi connectivity index (χ2n) is 7.33. The first kappa shape index (κ1) is 19.3. The van der Waals surface area contributed by atoms with Gasteiger partial charge in [0.15, 0.2) is 0 Å². The van der Waals surface area contributed by atoms with Crippen molar-refractivity contribution in [2.75, 3.05) is 5.32 Å². The van der Waals surface area contributed by atoms with Crippen LogP contribution in [0.4, 0.5) is 18.9 Å². The monoisotopic (exact) mass is 398 g/mol. The number of carbonyl (C=O) groups excluding carboxylic acids is 1. The molecule has 0 unspecified atom stereocenters. The van der Waals surface area contributed by atoms with Gasteiger partial charge in [-0.2, -0.15) is 13.2 Å². The molecular weight excluding hydrogens is 377 g/mol. The Hall–Kier alpha value is -3.02. The molecule has 1 aromatic heterocycles. The number of alkyl halides is 3. The third-order valence-corrected chi connectivity index (χ3v) is 5.48. The van der Waals surface area contributed by atoms with Gasteiger partial charge in [0.25, 0.3) is 0 Å². The van der Waals surface area contributed by atoms with E-state index in [-0.39, 0.29) is 17.7 Å². The molecule has 2 atom stereocenters. The Labute approximate surface area is 167 Å². The first-order chi connectivity index (χ1) is 13.9. The Kier molecular flexibility index (Phi) is 5.18. The molecule has 1 amide bonds. The van der Waals surface area contributed by atoms with Crippen LogP contribution in [0.15, 0.2) is 72.9 Å². The summed E-state index contributed by atoms with van der Waals surface area (Å²) in [5, 5.41) is 2.83. The van der Waals surface area contributed by atoms with E-state index in [4.69, 9.17) is 0 Å². The number of nitrogens with one attached hydrogen (secondary N) is 1. The van der Waals surface area contributed by atoms with E-state index in [9.17, 15) is 18.0 Å². The molecule has 4 rings (SSSR count). The highest BCUT2D eigenvalue weighted by atomic mass is 19.4. The second kappa shape index (κ2) is 7.78. The predicted molar refractivity (Wildman–Crippen MR) is 106 cm³/mol. The molecule has 0 spiro atoms. The minimum Gasteiger partial charge on any atom is -0.351 e. The van der Waals surface area contributed by atoms with Crippen molar-refractivity contribution in [2.24, 2.45) is 5.92 Å². The van der Waals surface area contributed by atoms with E-state index in [2.05, 4.69) is 9.88 Å². The number of aromatic nitrogens is 1. The number of hydrogen-bond donors (Lipinski definition) is 1. The minimum absolute atomic E-state index is 0.108. The molecule has 2 heterocycles. The molecule has 3 aromatic rings. The Morgan fingerprint density at radius 2 is 1.69 bits per heavy atom. The number of anilines is 1. The zero-order chi connectivity index (χ0) is 20.4. The second-order valence-corrected chi connectivity index (χ2v) is 7.33. The van der Waals surface area contributed by atoms with Crippen LogP contribution in [-0.4, -0.2) is 10.5 Å². The molecule has 6 heteroatoms. The van der Waals surface area contributed by atoms with E-state index < -0.39 is 11.7 Å². The number of amides is 1. The van der Waals surface area contributed by atoms with Crippen molar-refractivity contribution in [3.63, 3.8) is 0 Å². The molecule has 150 valence electrons. The highest BCUT2D eigenvalue weighted by molar-refractivity contribution is 5.93. The summed E-state index contributed by atoms with van der Waals surface area (Å²) < 4.78 is 40.5. The molecule has 3 nitrogen and oxygen atoms in total. The van der Waals surface area contributed by atoms with Crippen molar-refractivity contribution in [1.82, 2.24) is 4.57 Å². The molecule has 0 bridgehead atoms. The van der Waals surface area contributed by atoms with E-state index in [1.54, 1.807) is 0 Å². The highest BCUT2D eigenvalue weighted by Crippen LogP contribution is 2.38. The molecule has 0 aliphatic carbocycles. The van der Waals surface area contributed by atoms with Gasteiger partial charge in [-0.05, 0) is 54.8 Å². The number of carbonyl (C=O) groups is 1. The number of nitrogens with zero attached hydrogens (tertiary/aromatic N) is 1. The van der Waals surface area contributed by atoms with Gasteiger partial charge in [0, 0.05) is 30.0 Å². The Morgan fingerprint density at radius 1 is 0.966 bits per heavy atom. The number of hydrogen-bond acceptors (Lipinski definition) is 1. The maximum absolute atomic E-state index is 13.2. The fourth-order valence-electron chi connectivity index (χ4n) is 4.09. The maximum Gasteiger partial charge on any atom is 0.416 e. The van der Waals surface area contributed by atoms with Gasteiger partial charge < -0.3 is 9.88 Å². The van der Waals surface area contributed by atoms with Crippen molar-refractivity contribution < 1.29 is 18.0 Å². The van der Waals surface area contributed by atoms with Crippen LogP contribution in [0.2, 0.25) is 0 Å². The standard InChI is InChI=1S/C23H21F3N2O/c24-23(25,26)17-10-12-18(13-11-17)27-22(29)19-8-4-14-28-15-5-9-20(28)21(19)16-6-2-1-3-7-16/h1-3,5-7,9-13,15,19,21H,4,8,14H2,(H,27,29)/t19-,21-/m0/s1. The molecule has 0 radical (unpaired) electrons. The van der Waals surface area contributed by atoms with Gasteiger partial charge in [-0.1, -0.05) is 30.3 Å². The summed E-state index contributed by atoms with van der Waals surface area (Å²) in [4.78, 5) is 13.2. The number of aryl methyl sites for hydroxylation is 1. The molecular formula is C23H21F3N2O. The fraction of sp³-hybridized carbons (Fsp3) is 0.261. The predicted octanol–water partition coefficient (Wildman–Crippen LogP) is 5.69. The fourth-order valence-corrected chi connectivity index (χ4v) is 4.09. The molecule has 29 heavy (non-hydrogen) atoms. The van der Waals surface area contributed by atoms with Crippen molar-refractivity contribution in [3.05, 3.63) is 89.7 Å². The highest BCUT2D eigenvalue weighted by Gasteiger charge is 2.34. The largest absolute Gasteiger partial charge is 0.416 e. The first-order valence-corrected chi connectivity index (χ1v) is 9.61. The van der Waals surface area contributed by atoms with Crippen molar-refractivity contribution >= 4 is 11.6 Å². The molecule has 2 aromatic carbocycles. The number of benzene rings is 2. The van der Waals surface area contributed by atoms with E-state index in [1.165, 1.54) is 12.1 Å². The molecule has 0 saturated heterocycles. The molecule has 1 aliphatic heterocycles. The van der Waals surface area contributed by atoms with Crippen molar-refractivity contribution in [3.8, 4) is 0 Å². The molecule has 1 N–H and O–H groups in total. The Morgan fingerprint density at radius 3 is 2.38 bits per heavy atom. The van der Waals surface area contributed by atoms with E-state index in [0.717, 1.165) is 36.4 Å². The summed E-state index contributed by atoms with van der Waals surface area (Å²) in [6, 6.07) is 18.5. The van der Waals surface area contributed by atoms with Gasteiger partial charge in [0.05, 0.1) is 11.5 Å². The zero-order valence-electron chi connectivity index (χ0n) is 15.7. The molecule has 0 fully saturated rings. The van der Waals surface area contributed by atoms with Crippen LogP contribution < -0.4 is 5.32 Å². The average Bonchev–Trinajstić information content (AvgIpc) is 3.08. The summed E-state index contributed by atoms with van der Waals surface area (Å²) in [7, 11) is 0. The van der Waals surface area contributed by atoms with Gasteiger partial charge >= 0.3 is 6.18 Å². The third-order valence-electron chi connectivity index (χ3n) is 5.48. The first-order valence-electron chi connectivity index (χ1n) is 9.61. The Bertz CT molecular complexity index is 977. The summed E-state index contributed by atoms with van der Waals surface area (Å²) >= 11 is 0. The van der Waals surface area contributed by atoms with Crippen LogP contribution in [0, 0.1) is 5.92 Å². The number of halogens is 3. The van der Waals surface area contributed by atoms with Gasteiger partial charge in [-0.15, -0.1) is 0 Å². The van der Waals surface area contributed by atoms with Gasteiger partial charge in [-0.3, -0.25) is 4.79 Å². The van der Waals surface area contributed by atoms with Crippen molar-refractivity contribution in [1.29, 1.82) is 0 Å². The third kappa shape index (κ3) is 4.06.